The summed E-state index contributed by atoms with van der Waals surface area (Å²) in [5, 5.41) is 13.3. The van der Waals surface area contributed by atoms with E-state index in [1.54, 1.807) is 4.90 Å². The lowest BCUT2D eigenvalue weighted by Crippen LogP contribution is -2.60. The molecule has 0 saturated carbocycles. The van der Waals surface area contributed by atoms with Gasteiger partial charge in [0.15, 0.2) is 0 Å². The number of carbonyl (C=O) groups excluding carboxylic acids is 1. The van der Waals surface area contributed by atoms with E-state index >= 15 is 0 Å². The molecule has 3 heterocycles. The molecule has 0 aliphatic carbocycles. The number of carboxylic acids is 1. The number of aliphatic carboxylic acids is 1. The highest BCUT2D eigenvalue weighted by Crippen LogP contribution is 2.35. The molecule has 0 radical (unpaired) electrons. The highest BCUT2D eigenvalue weighted by molar-refractivity contribution is 5.95. The highest BCUT2D eigenvalue weighted by atomic mass is 16.4. The van der Waals surface area contributed by atoms with Crippen LogP contribution >= 0.6 is 0 Å². The van der Waals surface area contributed by atoms with E-state index in [2.05, 4.69) is 12.2 Å². The molecule has 3 aliphatic heterocycles. The third-order valence-electron chi connectivity index (χ3n) is 6.58. The van der Waals surface area contributed by atoms with Crippen LogP contribution in [0.3, 0.4) is 0 Å². The van der Waals surface area contributed by atoms with Crippen molar-refractivity contribution >= 4 is 17.7 Å². The smallest absolute Gasteiger partial charge is 0.326 e. The van der Waals surface area contributed by atoms with Crippen LogP contribution in [-0.2, 0) is 4.79 Å². The first kappa shape index (κ1) is 18.3. The molecule has 0 aromatic heterocycles. The van der Waals surface area contributed by atoms with Gasteiger partial charge >= 0.3 is 12.0 Å². The molecular weight excluding hydrogens is 342 g/mol. The monoisotopic (exact) mass is 371 g/mol. The Morgan fingerprint density at radius 3 is 2.67 bits per heavy atom. The third kappa shape index (κ3) is 3.55. The van der Waals surface area contributed by atoms with Crippen LogP contribution in [0.4, 0.5) is 10.5 Å². The summed E-state index contributed by atoms with van der Waals surface area (Å²) < 4.78 is 0. The van der Waals surface area contributed by atoms with E-state index in [1.807, 2.05) is 35.2 Å². The Kier molecular flexibility index (Phi) is 5.08. The maximum Gasteiger partial charge on any atom is 0.326 e. The Labute approximate surface area is 160 Å². The summed E-state index contributed by atoms with van der Waals surface area (Å²) in [5.74, 6) is -0.292. The quantitative estimate of drug-likeness (QED) is 0.856. The Morgan fingerprint density at radius 1 is 1.15 bits per heavy atom. The molecule has 2 N–H and O–H groups in total. The Morgan fingerprint density at radius 2 is 1.93 bits per heavy atom. The zero-order valence-electron chi connectivity index (χ0n) is 15.9. The standard InChI is InChI=1S/C21H29N3O3/c1-14-9-10-15-12-17(13-18(14)22-15)24(16-6-3-2-4-7-16)21(27)23-11-5-8-19(23)20(25)26/h2-4,6-7,14-15,17-19,22H,5,8-13H2,1H3,(H,25,26)/t14?,15-,17+,18?,19+/m0/s1. The van der Waals surface area contributed by atoms with Crippen LogP contribution in [0.2, 0.25) is 0 Å². The van der Waals surface area contributed by atoms with Crippen LogP contribution in [0.1, 0.15) is 45.4 Å². The van der Waals surface area contributed by atoms with Gasteiger partial charge in [0.2, 0.25) is 0 Å². The van der Waals surface area contributed by atoms with Crippen LogP contribution in [0.25, 0.3) is 0 Å². The van der Waals surface area contributed by atoms with Gasteiger partial charge in [0, 0.05) is 30.4 Å². The molecule has 2 unspecified atom stereocenters. The fourth-order valence-electron chi connectivity index (χ4n) is 5.09. The van der Waals surface area contributed by atoms with Crippen molar-refractivity contribution in [2.45, 2.75) is 69.6 Å². The van der Waals surface area contributed by atoms with Gasteiger partial charge in [0.1, 0.15) is 6.04 Å². The summed E-state index contributed by atoms with van der Waals surface area (Å²) in [6, 6.07) is 9.88. The van der Waals surface area contributed by atoms with E-state index in [0.717, 1.165) is 31.4 Å². The number of nitrogens with zero attached hydrogens (tertiary/aromatic N) is 2. The first-order valence-corrected chi connectivity index (χ1v) is 10.2. The van der Waals surface area contributed by atoms with Crippen molar-refractivity contribution in [3.63, 3.8) is 0 Å². The van der Waals surface area contributed by atoms with E-state index in [1.165, 1.54) is 6.42 Å². The van der Waals surface area contributed by atoms with Crippen molar-refractivity contribution < 1.29 is 14.7 Å². The van der Waals surface area contributed by atoms with Crippen LogP contribution in [0.15, 0.2) is 30.3 Å². The predicted molar refractivity (Wildman–Crippen MR) is 104 cm³/mol. The Hall–Kier alpha value is -2.08. The number of nitrogens with one attached hydrogen (secondary N) is 1. The SMILES string of the molecule is CC1CC[C@H]2C[C@@H](N(C(=O)N3CCC[C@@H]3C(=O)O)c3ccccc3)CC1N2. The molecule has 0 spiro atoms. The number of para-hydroxylation sites is 1. The van der Waals surface area contributed by atoms with Gasteiger partial charge in [0.05, 0.1) is 0 Å². The lowest BCUT2D eigenvalue weighted by molar-refractivity contribution is -0.141. The van der Waals surface area contributed by atoms with Gasteiger partial charge in [0.25, 0.3) is 0 Å². The second kappa shape index (κ2) is 7.50. The average molecular weight is 371 g/mol. The highest BCUT2D eigenvalue weighted by Gasteiger charge is 2.43. The van der Waals surface area contributed by atoms with Crippen LogP contribution in [0, 0.1) is 5.92 Å². The number of anilines is 1. The van der Waals surface area contributed by atoms with Gasteiger partial charge in [-0.05, 0) is 56.6 Å². The van der Waals surface area contributed by atoms with Crippen LogP contribution in [0.5, 0.6) is 0 Å². The number of urea groups is 1. The van der Waals surface area contributed by atoms with Crippen LogP contribution in [-0.4, -0.2) is 52.7 Å². The molecule has 27 heavy (non-hydrogen) atoms. The maximum absolute atomic E-state index is 13.5. The van der Waals surface area contributed by atoms with Gasteiger partial charge in [-0.15, -0.1) is 0 Å². The van der Waals surface area contributed by atoms with Crippen molar-refractivity contribution in [3.8, 4) is 0 Å². The molecule has 2 amide bonds. The number of carboxylic acid groups (broad SMARTS) is 1. The number of amides is 2. The van der Waals surface area contributed by atoms with Crippen LogP contribution < -0.4 is 10.2 Å². The lowest BCUT2D eigenvalue weighted by Gasteiger charge is -2.47. The predicted octanol–water partition coefficient (Wildman–Crippen LogP) is 3.08. The zero-order chi connectivity index (χ0) is 19.0. The molecule has 4 rings (SSSR count). The fraction of sp³-hybridized carbons (Fsp3) is 0.619. The first-order chi connectivity index (χ1) is 13.0. The molecule has 2 bridgehead atoms. The summed E-state index contributed by atoms with van der Waals surface area (Å²) >= 11 is 0. The van der Waals surface area contributed by atoms with E-state index in [-0.39, 0.29) is 12.1 Å². The number of hydrogen-bond acceptors (Lipinski definition) is 3. The van der Waals surface area contributed by atoms with Crippen molar-refractivity contribution in [1.29, 1.82) is 0 Å². The minimum Gasteiger partial charge on any atom is -0.480 e. The second-order valence-electron chi connectivity index (χ2n) is 8.33. The summed E-state index contributed by atoms with van der Waals surface area (Å²) in [7, 11) is 0. The van der Waals surface area contributed by atoms with Crippen molar-refractivity contribution in [2.24, 2.45) is 5.92 Å². The third-order valence-corrected chi connectivity index (χ3v) is 6.58. The summed E-state index contributed by atoms with van der Waals surface area (Å²) in [6.07, 6.45) is 5.52. The number of fused-ring (bicyclic) bond motifs is 2. The molecule has 3 saturated heterocycles. The maximum atomic E-state index is 13.5. The van der Waals surface area contributed by atoms with E-state index in [0.29, 0.717) is 31.0 Å². The molecule has 6 nitrogen and oxygen atoms in total. The molecule has 1 aromatic rings. The zero-order valence-corrected chi connectivity index (χ0v) is 15.9. The molecule has 146 valence electrons. The fourth-order valence-corrected chi connectivity index (χ4v) is 5.09. The molecule has 6 heteroatoms. The molecule has 5 atom stereocenters. The normalized spacial score (nSPS) is 32.9. The first-order valence-electron chi connectivity index (χ1n) is 10.2. The van der Waals surface area contributed by atoms with E-state index in [4.69, 9.17) is 0 Å². The van der Waals surface area contributed by atoms with Crippen molar-refractivity contribution in [1.82, 2.24) is 10.2 Å². The molecule has 3 aliphatic rings. The number of likely N-dealkylation sites (tertiary alicyclic amines) is 1. The summed E-state index contributed by atoms with van der Waals surface area (Å²) in [4.78, 5) is 28.6. The Balaban J connectivity index is 1.64. The lowest BCUT2D eigenvalue weighted by atomic mass is 9.78. The Bertz CT molecular complexity index is 695. The summed E-state index contributed by atoms with van der Waals surface area (Å²) in [5.41, 5.74) is 0.871. The number of benzene rings is 1. The number of hydrogen-bond donors (Lipinski definition) is 2. The topological polar surface area (TPSA) is 72.9 Å². The van der Waals surface area contributed by atoms with E-state index in [9.17, 15) is 14.7 Å². The number of rotatable bonds is 3. The van der Waals surface area contributed by atoms with Gasteiger partial charge in [-0.1, -0.05) is 25.1 Å². The summed E-state index contributed by atoms with van der Waals surface area (Å²) in [6.45, 7) is 2.80. The largest absolute Gasteiger partial charge is 0.480 e. The molecular formula is C21H29N3O3. The van der Waals surface area contributed by atoms with Gasteiger partial charge in [-0.25, -0.2) is 9.59 Å². The van der Waals surface area contributed by atoms with Gasteiger partial charge in [-0.3, -0.25) is 4.90 Å². The second-order valence-corrected chi connectivity index (χ2v) is 8.33. The molecule has 3 fully saturated rings. The van der Waals surface area contributed by atoms with E-state index < -0.39 is 12.0 Å². The van der Waals surface area contributed by atoms with Crippen molar-refractivity contribution in [3.05, 3.63) is 30.3 Å². The number of carbonyl (C=O) groups is 2. The average Bonchev–Trinajstić information content (AvgIpc) is 3.16. The van der Waals surface area contributed by atoms with Gasteiger partial charge < -0.3 is 15.3 Å². The number of piperidine rings is 2. The van der Waals surface area contributed by atoms with Crippen molar-refractivity contribution in [2.75, 3.05) is 11.4 Å². The minimum absolute atomic E-state index is 0.106. The minimum atomic E-state index is -0.898. The molecule has 1 aromatic carbocycles. The van der Waals surface area contributed by atoms with Gasteiger partial charge in [-0.2, -0.15) is 0 Å².